The molecule has 0 aromatic carbocycles. The zero-order chi connectivity index (χ0) is 24.7. The van der Waals surface area contributed by atoms with Crippen molar-refractivity contribution in [2.24, 2.45) is 22.7 Å². The first kappa shape index (κ1) is 25.8. The Bertz CT molecular complexity index is 809. The van der Waals surface area contributed by atoms with Crippen LogP contribution in [0.3, 0.4) is 0 Å². The number of cyclic esters (lactones) is 1. The molecule has 8 nitrogen and oxygen atoms in total. The molecule has 3 fully saturated rings. The molecular formula is C26H40O8. The molecule has 192 valence electrons. The van der Waals surface area contributed by atoms with Gasteiger partial charge in [0.1, 0.15) is 31.0 Å². The number of carbonyl (C=O) groups excluding carboxylic acids is 1. The van der Waals surface area contributed by atoms with E-state index in [9.17, 15) is 25.2 Å². The predicted molar refractivity (Wildman–Crippen MR) is 123 cm³/mol. The fraction of sp³-hybridized carbons (Fsp3) is 0.808. The number of rotatable bonds is 7. The van der Waals surface area contributed by atoms with Crippen molar-refractivity contribution in [3.63, 3.8) is 0 Å². The minimum Gasteiger partial charge on any atom is -0.458 e. The molecule has 1 saturated heterocycles. The second-order valence-corrected chi connectivity index (χ2v) is 11.2. The topological polar surface area (TPSA) is 126 Å². The van der Waals surface area contributed by atoms with Gasteiger partial charge in [-0.05, 0) is 67.3 Å². The van der Waals surface area contributed by atoms with E-state index in [-0.39, 0.29) is 16.8 Å². The predicted octanol–water partition coefficient (Wildman–Crippen LogP) is 1.85. The molecular weight excluding hydrogens is 440 g/mol. The molecule has 0 unspecified atom stereocenters. The summed E-state index contributed by atoms with van der Waals surface area (Å²) in [6.07, 6.45) is 2.15. The van der Waals surface area contributed by atoms with Crippen LogP contribution in [0, 0.1) is 22.7 Å². The van der Waals surface area contributed by atoms with E-state index in [4.69, 9.17) is 14.2 Å². The van der Waals surface area contributed by atoms with Crippen LogP contribution in [0.1, 0.15) is 58.8 Å². The lowest BCUT2D eigenvalue weighted by molar-refractivity contribution is -0.309. The summed E-state index contributed by atoms with van der Waals surface area (Å²) in [5, 5.41) is 40.0. The van der Waals surface area contributed by atoms with Crippen LogP contribution in [-0.4, -0.2) is 76.9 Å². The molecule has 2 aliphatic heterocycles. The van der Waals surface area contributed by atoms with E-state index in [0.29, 0.717) is 31.5 Å². The van der Waals surface area contributed by atoms with Gasteiger partial charge in [0.25, 0.3) is 0 Å². The lowest BCUT2D eigenvalue weighted by atomic mass is 9.47. The van der Waals surface area contributed by atoms with E-state index in [1.165, 1.54) is 5.57 Å². The first-order valence-corrected chi connectivity index (χ1v) is 12.6. The highest BCUT2D eigenvalue weighted by molar-refractivity contribution is 5.90. The second-order valence-electron chi connectivity index (χ2n) is 11.2. The maximum atomic E-state index is 11.9. The first-order chi connectivity index (χ1) is 16.1. The summed E-state index contributed by atoms with van der Waals surface area (Å²) in [6.45, 7) is 9.21. The molecule has 8 heteroatoms. The largest absolute Gasteiger partial charge is 0.458 e. The molecule has 9 atom stereocenters. The lowest BCUT2D eigenvalue weighted by Gasteiger charge is -2.59. The Morgan fingerprint density at radius 3 is 2.62 bits per heavy atom. The molecule has 4 aliphatic rings. The van der Waals surface area contributed by atoms with E-state index in [1.54, 1.807) is 0 Å². The van der Waals surface area contributed by atoms with E-state index >= 15 is 0 Å². The SMILES string of the molecule is C=C1CC[C@@H]2[C@](C)(CO[C@H]3O[C@H](CO)[C@@H](O)[C@H](O)[C@H]3O)CCC[C@@]2(C)[C@@H]1CCC1=CCOC1=O. The van der Waals surface area contributed by atoms with Crippen molar-refractivity contribution in [2.75, 3.05) is 19.8 Å². The number of allylic oxidation sites excluding steroid dienone is 1. The number of aliphatic hydroxyl groups is 4. The molecule has 0 aromatic rings. The summed E-state index contributed by atoms with van der Waals surface area (Å²) in [6, 6.07) is 0. The van der Waals surface area contributed by atoms with Gasteiger partial charge in [-0.15, -0.1) is 0 Å². The smallest absolute Gasteiger partial charge is 0.334 e. The zero-order valence-corrected chi connectivity index (χ0v) is 20.3. The van der Waals surface area contributed by atoms with Crippen molar-refractivity contribution < 1.29 is 39.4 Å². The zero-order valence-electron chi connectivity index (χ0n) is 20.3. The molecule has 0 aromatic heterocycles. The van der Waals surface area contributed by atoms with Gasteiger partial charge in [-0.3, -0.25) is 0 Å². The Morgan fingerprint density at radius 2 is 1.94 bits per heavy atom. The van der Waals surface area contributed by atoms with Crippen molar-refractivity contribution in [3.05, 3.63) is 23.8 Å². The van der Waals surface area contributed by atoms with Gasteiger partial charge in [0.15, 0.2) is 6.29 Å². The molecule has 2 heterocycles. The molecule has 0 bridgehead atoms. The molecule has 2 aliphatic carbocycles. The summed E-state index contributed by atoms with van der Waals surface area (Å²) in [5.74, 6) is 0.454. The van der Waals surface area contributed by atoms with Gasteiger partial charge in [-0.25, -0.2) is 4.79 Å². The number of hydrogen-bond donors (Lipinski definition) is 4. The Hall–Kier alpha value is -1.29. The van der Waals surface area contributed by atoms with Gasteiger partial charge in [0.05, 0.1) is 13.2 Å². The molecule has 2 saturated carbocycles. The molecule has 0 spiro atoms. The average molecular weight is 481 g/mol. The van der Waals surface area contributed by atoms with Crippen LogP contribution in [0.15, 0.2) is 23.8 Å². The molecule has 4 rings (SSSR count). The monoisotopic (exact) mass is 480 g/mol. The summed E-state index contributed by atoms with van der Waals surface area (Å²) in [7, 11) is 0. The van der Waals surface area contributed by atoms with Crippen LogP contribution in [0.5, 0.6) is 0 Å². The van der Waals surface area contributed by atoms with Crippen molar-refractivity contribution in [3.8, 4) is 0 Å². The van der Waals surface area contributed by atoms with Crippen LogP contribution in [0.4, 0.5) is 0 Å². The Balaban J connectivity index is 1.46. The average Bonchev–Trinajstić information content (AvgIpc) is 3.21. The molecule has 34 heavy (non-hydrogen) atoms. The van der Waals surface area contributed by atoms with Crippen molar-refractivity contribution >= 4 is 5.97 Å². The number of aliphatic hydroxyl groups excluding tert-OH is 4. The quantitative estimate of drug-likeness (QED) is 0.321. The van der Waals surface area contributed by atoms with Crippen LogP contribution < -0.4 is 0 Å². The fourth-order valence-corrected chi connectivity index (χ4v) is 7.17. The maximum Gasteiger partial charge on any atom is 0.334 e. The summed E-state index contributed by atoms with van der Waals surface area (Å²) >= 11 is 0. The van der Waals surface area contributed by atoms with Gasteiger partial charge >= 0.3 is 5.97 Å². The third kappa shape index (κ3) is 4.61. The van der Waals surface area contributed by atoms with Gasteiger partial charge in [0, 0.05) is 5.57 Å². The number of hydrogen-bond acceptors (Lipinski definition) is 8. The first-order valence-electron chi connectivity index (χ1n) is 12.6. The van der Waals surface area contributed by atoms with Gasteiger partial charge < -0.3 is 34.6 Å². The molecule has 4 N–H and O–H groups in total. The van der Waals surface area contributed by atoms with Gasteiger partial charge in [-0.2, -0.15) is 0 Å². The third-order valence-corrected chi connectivity index (χ3v) is 9.08. The summed E-state index contributed by atoms with van der Waals surface area (Å²) in [4.78, 5) is 11.9. The number of fused-ring (bicyclic) bond motifs is 1. The van der Waals surface area contributed by atoms with Crippen LogP contribution >= 0.6 is 0 Å². The Morgan fingerprint density at radius 1 is 1.18 bits per heavy atom. The second kappa shape index (κ2) is 9.99. The van der Waals surface area contributed by atoms with Crippen LogP contribution in [0.25, 0.3) is 0 Å². The van der Waals surface area contributed by atoms with E-state index in [1.807, 2.05) is 6.08 Å². The van der Waals surface area contributed by atoms with Crippen LogP contribution in [0.2, 0.25) is 0 Å². The van der Waals surface area contributed by atoms with Crippen molar-refractivity contribution in [2.45, 2.75) is 89.5 Å². The molecule has 0 amide bonds. The number of ether oxygens (including phenoxy) is 3. The van der Waals surface area contributed by atoms with E-state index in [0.717, 1.165) is 44.1 Å². The van der Waals surface area contributed by atoms with Crippen molar-refractivity contribution in [1.82, 2.24) is 0 Å². The Kier molecular flexibility index (Phi) is 7.58. The third-order valence-electron chi connectivity index (χ3n) is 9.08. The lowest BCUT2D eigenvalue weighted by Crippen LogP contribution is -2.60. The minimum absolute atomic E-state index is 0.0180. The summed E-state index contributed by atoms with van der Waals surface area (Å²) < 4.78 is 16.7. The maximum absolute atomic E-state index is 11.9. The highest BCUT2D eigenvalue weighted by Crippen LogP contribution is 2.62. The standard InChI is InChI=1S/C26H40O8/c1-15-5-8-19-25(2,14-33-24-22(30)21(29)20(28)18(13-27)34-24)10-4-11-26(19,3)17(15)7-6-16-9-12-32-23(16)31/h9,17-22,24,27-30H,1,4-8,10-14H2,2-3H3/t17-,18-,19-,20-,21+,22-,24+,25+,26+/m1/s1. The normalized spacial score (nSPS) is 45.0. The highest BCUT2D eigenvalue weighted by atomic mass is 16.7. The van der Waals surface area contributed by atoms with Gasteiger partial charge in [-0.1, -0.05) is 32.4 Å². The van der Waals surface area contributed by atoms with Gasteiger partial charge in [0.2, 0.25) is 0 Å². The van der Waals surface area contributed by atoms with E-state index in [2.05, 4.69) is 20.4 Å². The van der Waals surface area contributed by atoms with Crippen LogP contribution in [-0.2, 0) is 19.0 Å². The minimum atomic E-state index is -1.45. The Labute approximate surface area is 201 Å². The molecule has 0 radical (unpaired) electrons. The number of carbonyl (C=O) groups is 1. The number of esters is 1. The fourth-order valence-electron chi connectivity index (χ4n) is 7.17. The van der Waals surface area contributed by atoms with E-state index < -0.39 is 37.3 Å². The van der Waals surface area contributed by atoms with Crippen molar-refractivity contribution in [1.29, 1.82) is 0 Å². The summed E-state index contributed by atoms with van der Waals surface area (Å²) in [5.41, 5.74) is 1.87. The highest BCUT2D eigenvalue weighted by Gasteiger charge is 2.55.